The van der Waals surface area contributed by atoms with Crippen molar-refractivity contribution in [2.75, 3.05) is 0 Å². The van der Waals surface area contributed by atoms with Gasteiger partial charge in [0.15, 0.2) is 0 Å². The quantitative estimate of drug-likeness (QED) is 0.271. The maximum Gasteiger partial charge on any atom is 0.248 e. The van der Waals surface area contributed by atoms with Crippen molar-refractivity contribution in [1.29, 1.82) is 0 Å². The Kier molecular flexibility index (Phi) is 3.96. The van der Waals surface area contributed by atoms with E-state index in [0.29, 0.717) is 11.8 Å². The summed E-state index contributed by atoms with van der Waals surface area (Å²) in [5.41, 5.74) is 12.3. The fraction of sp³-hybridized carbons (Fsp3) is 0.188. The molecule has 2 aliphatic rings. The maximum atomic E-state index is 6.23. The molecule has 4 aromatic carbocycles. The Balaban J connectivity index is 1.30. The van der Waals surface area contributed by atoms with Gasteiger partial charge in [0.1, 0.15) is 0 Å². The molecule has 0 aliphatic heterocycles. The fourth-order valence-electron chi connectivity index (χ4n) is 6.16. The van der Waals surface area contributed by atoms with Crippen molar-refractivity contribution in [2.45, 2.75) is 38.5 Å². The summed E-state index contributed by atoms with van der Waals surface area (Å²) in [7, 11) is 0. The predicted molar refractivity (Wildman–Crippen MR) is 140 cm³/mol. The van der Waals surface area contributed by atoms with E-state index in [1.165, 1.54) is 44.5 Å². The van der Waals surface area contributed by atoms with Crippen molar-refractivity contribution in [2.24, 2.45) is 0 Å². The number of hydrogen-bond acceptors (Lipinski definition) is 3. The average Bonchev–Trinajstić information content (AvgIpc) is 3.52. The molecule has 0 bridgehead atoms. The van der Waals surface area contributed by atoms with Crippen LogP contribution in [0.2, 0.25) is 0 Å². The first-order valence-corrected chi connectivity index (χ1v) is 12.2. The van der Waals surface area contributed by atoms with Gasteiger partial charge in [-0.15, -0.1) is 10.2 Å². The van der Waals surface area contributed by atoms with Crippen molar-refractivity contribution in [1.82, 2.24) is 10.2 Å². The van der Waals surface area contributed by atoms with Crippen LogP contribution in [0.25, 0.3) is 45.2 Å². The minimum absolute atomic E-state index is 0.0149. The Hall–Kier alpha value is -3.98. The van der Waals surface area contributed by atoms with Gasteiger partial charge in [-0.2, -0.15) is 0 Å². The average molecular weight is 455 g/mol. The van der Waals surface area contributed by atoms with Crippen LogP contribution in [0.5, 0.6) is 0 Å². The molecular formula is C32H26N2O. The molecule has 0 atom stereocenters. The first-order valence-electron chi connectivity index (χ1n) is 12.2. The van der Waals surface area contributed by atoms with Crippen molar-refractivity contribution in [3.63, 3.8) is 0 Å². The van der Waals surface area contributed by atoms with E-state index in [0.717, 1.165) is 11.1 Å². The van der Waals surface area contributed by atoms with Gasteiger partial charge in [-0.1, -0.05) is 88.4 Å². The Morgan fingerprint density at radius 2 is 0.886 bits per heavy atom. The lowest BCUT2D eigenvalue weighted by Crippen LogP contribution is -2.14. The van der Waals surface area contributed by atoms with E-state index in [2.05, 4.69) is 123 Å². The predicted octanol–water partition coefficient (Wildman–Crippen LogP) is 8.02. The lowest BCUT2D eigenvalue weighted by atomic mass is 9.82. The number of hydrogen-bond donors (Lipinski definition) is 0. The number of aromatic nitrogens is 2. The van der Waals surface area contributed by atoms with Crippen molar-refractivity contribution in [3.8, 4) is 45.2 Å². The smallest absolute Gasteiger partial charge is 0.248 e. The molecule has 1 aromatic heterocycles. The first kappa shape index (κ1) is 20.4. The molecule has 3 heteroatoms. The molecule has 2 aliphatic carbocycles. The summed E-state index contributed by atoms with van der Waals surface area (Å²) in [6.07, 6.45) is 0. The molecule has 5 aromatic rings. The molecule has 0 unspecified atom stereocenters. The highest BCUT2D eigenvalue weighted by molar-refractivity contribution is 5.85. The molecule has 0 amide bonds. The Bertz CT molecular complexity index is 1530. The summed E-state index contributed by atoms with van der Waals surface area (Å²) in [4.78, 5) is 0. The number of benzene rings is 4. The van der Waals surface area contributed by atoms with E-state index in [9.17, 15) is 0 Å². The van der Waals surface area contributed by atoms with Crippen molar-refractivity contribution in [3.05, 3.63) is 107 Å². The molecule has 0 saturated heterocycles. The summed E-state index contributed by atoms with van der Waals surface area (Å²) < 4.78 is 6.23. The molecule has 0 N–H and O–H groups in total. The molecule has 0 saturated carbocycles. The lowest BCUT2D eigenvalue weighted by molar-refractivity contribution is 0.584. The summed E-state index contributed by atoms with van der Waals surface area (Å²) >= 11 is 0. The van der Waals surface area contributed by atoms with Crippen LogP contribution in [0.3, 0.4) is 0 Å². The van der Waals surface area contributed by atoms with Crippen molar-refractivity contribution >= 4 is 0 Å². The van der Waals surface area contributed by atoms with Gasteiger partial charge in [0.05, 0.1) is 0 Å². The van der Waals surface area contributed by atoms with Crippen LogP contribution in [0, 0.1) is 0 Å². The normalized spacial score (nSPS) is 15.9. The second-order valence-corrected chi connectivity index (χ2v) is 10.8. The van der Waals surface area contributed by atoms with E-state index < -0.39 is 0 Å². The monoisotopic (exact) mass is 454 g/mol. The van der Waals surface area contributed by atoms with Gasteiger partial charge in [0.2, 0.25) is 11.8 Å². The second kappa shape index (κ2) is 6.79. The number of rotatable bonds is 2. The maximum absolute atomic E-state index is 6.23. The molecular weight excluding hydrogens is 428 g/mol. The van der Waals surface area contributed by atoms with Crippen LogP contribution in [0.1, 0.15) is 49.9 Å². The Morgan fingerprint density at radius 3 is 1.34 bits per heavy atom. The minimum Gasteiger partial charge on any atom is -0.416 e. The first-order chi connectivity index (χ1) is 16.9. The lowest BCUT2D eigenvalue weighted by Gasteiger charge is -2.21. The minimum atomic E-state index is -0.0149. The van der Waals surface area contributed by atoms with Crippen molar-refractivity contribution < 1.29 is 4.42 Å². The zero-order valence-electron chi connectivity index (χ0n) is 20.4. The summed E-state index contributed by atoms with van der Waals surface area (Å²) in [6.45, 7) is 9.15. The zero-order chi connectivity index (χ0) is 23.9. The van der Waals surface area contributed by atoms with Crippen LogP contribution in [0.15, 0.2) is 89.3 Å². The molecule has 0 spiro atoms. The van der Waals surface area contributed by atoms with Gasteiger partial charge in [0, 0.05) is 22.0 Å². The van der Waals surface area contributed by atoms with Gasteiger partial charge in [0.25, 0.3) is 0 Å². The standard InChI is InChI=1S/C32H26N2O/c1-31(2)25-11-7-5-9-21(25)23-17-19(13-15-27(23)31)29-33-34-30(35-29)20-14-16-28-24(18-20)22-10-6-8-12-26(22)32(28,3)4/h5-18H,1-4H3. The van der Waals surface area contributed by atoms with E-state index in [1.54, 1.807) is 0 Å². The van der Waals surface area contributed by atoms with E-state index in [-0.39, 0.29) is 10.8 Å². The largest absolute Gasteiger partial charge is 0.416 e. The molecule has 35 heavy (non-hydrogen) atoms. The summed E-state index contributed by atoms with van der Waals surface area (Å²) in [6, 6.07) is 30.3. The summed E-state index contributed by atoms with van der Waals surface area (Å²) in [5, 5.41) is 8.86. The van der Waals surface area contributed by atoms with Crippen LogP contribution in [0.4, 0.5) is 0 Å². The Labute approximate surface area is 205 Å². The molecule has 170 valence electrons. The molecule has 7 rings (SSSR count). The topological polar surface area (TPSA) is 38.9 Å². The van der Waals surface area contributed by atoms with Gasteiger partial charge in [-0.25, -0.2) is 0 Å². The third kappa shape index (κ3) is 2.72. The molecule has 0 radical (unpaired) electrons. The second-order valence-electron chi connectivity index (χ2n) is 10.8. The van der Waals surface area contributed by atoms with Gasteiger partial charge in [-0.05, 0) is 68.8 Å². The molecule has 1 heterocycles. The zero-order valence-corrected chi connectivity index (χ0v) is 20.4. The highest BCUT2D eigenvalue weighted by Crippen LogP contribution is 2.50. The van der Waals surface area contributed by atoms with Crippen LogP contribution < -0.4 is 0 Å². The van der Waals surface area contributed by atoms with Gasteiger partial charge in [-0.3, -0.25) is 0 Å². The van der Waals surface area contributed by atoms with Gasteiger partial charge >= 0.3 is 0 Å². The van der Waals surface area contributed by atoms with Gasteiger partial charge < -0.3 is 4.42 Å². The SMILES string of the molecule is CC1(C)c2ccccc2-c2cc(-c3nnc(-c4ccc5c(c4)-c4ccccc4C5(C)C)o3)ccc21. The van der Waals surface area contributed by atoms with Crippen LogP contribution >= 0.6 is 0 Å². The Morgan fingerprint density at radius 1 is 0.486 bits per heavy atom. The fourth-order valence-corrected chi connectivity index (χ4v) is 6.16. The number of nitrogens with zero attached hydrogens (tertiary/aromatic N) is 2. The van der Waals surface area contributed by atoms with E-state index in [4.69, 9.17) is 4.42 Å². The highest BCUT2D eigenvalue weighted by atomic mass is 16.4. The third-order valence-corrected chi connectivity index (χ3v) is 8.09. The van der Waals surface area contributed by atoms with E-state index in [1.807, 2.05) is 0 Å². The summed E-state index contributed by atoms with van der Waals surface area (Å²) in [5.74, 6) is 1.09. The third-order valence-electron chi connectivity index (χ3n) is 8.09. The molecule has 3 nitrogen and oxygen atoms in total. The van der Waals surface area contributed by atoms with Crippen LogP contribution in [-0.4, -0.2) is 10.2 Å². The number of fused-ring (bicyclic) bond motifs is 6. The molecule has 0 fully saturated rings. The van der Waals surface area contributed by atoms with Crippen LogP contribution in [-0.2, 0) is 10.8 Å². The van der Waals surface area contributed by atoms with E-state index >= 15 is 0 Å². The highest BCUT2D eigenvalue weighted by Gasteiger charge is 2.36.